The molecule has 3 N–H and O–H groups in total. The number of ether oxygens (including phenoxy) is 1. The minimum absolute atomic E-state index is 0. The van der Waals surface area contributed by atoms with Gasteiger partial charge in [0.25, 0.3) is 0 Å². The Morgan fingerprint density at radius 1 is 1.25 bits per heavy atom. The first-order valence-electron chi connectivity index (χ1n) is 6.07. The number of aldehydes is 1. The first-order valence-corrected chi connectivity index (χ1v) is 6.07. The molecule has 98 valence electrons. The van der Waals surface area contributed by atoms with Crippen LogP contribution in [0.2, 0.25) is 0 Å². The molecule has 0 aromatic carbocycles. The number of carbonyl (C=O) groups excluding carboxylic acids is 1. The van der Waals surface area contributed by atoms with E-state index in [-0.39, 0.29) is 5.48 Å². The van der Waals surface area contributed by atoms with E-state index in [1.807, 2.05) is 0 Å². The van der Waals surface area contributed by atoms with Gasteiger partial charge in [-0.2, -0.15) is 0 Å². The van der Waals surface area contributed by atoms with E-state index in [9.17, 15) is 4.79 Å². The smallest absolute Gasteiger partial charge is 0.120 e. The molecule has 0 aliphatic carbocycles. The molecule has 1 heterocycles. The van der Waals surface area contributed by atoms with Crippen LogP contribution in [0.3, 0.4) is 0 Å². The van der Waals surface area contributed by atoms with Crippen LogP contribution in [0, 0.1) is 5.92 Å². The Labute approximate surface area is 99.1 Å². The molecule has 1 fully saturated rings. The maximum Gasteiger partial charge on any atom is 0.120 e. The maximum atomic E-state index is 9.94. The fourth-order valence-corrected chi connectivity index (χ4v) is 1.52. The van der Waals surface area contributed by atoms with Crippen molar-refractivity contribution in [2.45, 2.75) is 39.5 Å². The van der Waals surface area contributed by atoms with Gasteiger partial charge in [0, 0.05) is 19.5 Å². The molecule has 0 atom stereocenters. The molecule has 0 spiro atoms. The molecule has 0 bridgehead atoms. The molecule has 1 rings (SSSR count). The molecule has 4 heteroatoms. The highest BCUT2D eigenvalue weighted by molar-refractivity contribution is 5.49. The van der Waals surface area contributed by atoms with Crippen LogP contribution in [0.25, 0.3) is 0 Å². The minimum Gasteiger partial charge on any atom is -0.412 e. The molecule has 0 amide bonds. The van der Waals surface area contributed by atoms with Crippen LogP contribution in [0.15, 0.2) is 0 Å². The lowest BCUT2D eigenvalue weighted by Gasteiger charge is -2.10. The largest absolute Gasteiger partial charge is 0.412 e. The van der Waals surface area contributed by atoms with E-state index in [0.717, 1.165) is 51.3 Å². The summed E-state index contributed by atoms with van der Waals surface area (Å²) in [5, 5.41) is 3.16. The van der Waals surface area contributed by atoms with Crippen LogP contribution in [-0.2, 0) is 9.53 Å². The third kappa shape index (κ3) is 11.6. The molecular formula is C12H27NO3. The standard InChI is InChI=1S/C8H16O.C4H9NO.H2O/c1-3-8(4-2)6-5-7-9;1-3-6-4-2-5-1;/h7-8H,3-6H2,1-2H3;5H,1-4H2;1H2. The molecule has 0 saturated carbocycles. The van der Waals surface area contributed by atoms with Gasteiger partial charge >= 0.3 is 0 Å². The number of morpholine rings is 1. The third-order valence-electron chi connectivity index (χ3n) is 2.69. The van der Waals surface area contributed by atoms with Gasteiger partial charge in [0.2, 0.25) is 0 Å². The van der Waals surface area contributed by atoms with Crippen molar-refractivity contribution in [1.29, 1.82) is 0 Å². The SMILES string of the molecule is C1COCCN1.CCC(CC)CCC=O.O. The zero-order valence-corrected chi connectivity index (χ0v) is 10.6. The second-order valence-corrected chi connectivity index (χ2v) is 3.79. The zero-order chi connectivity index (χ0) is 11.4. The average Bonchev–Trinajstić information content (AvgIpc) is 2.34. The Morgan fingerprint density at radius 2 is 1.81 bits per heavy atom. The van der Waals surface area contributed by atoms with Crippen LogP contribution >= 0.6 is 0 Å². The fraction of sp³-hybridized carbons (Fsp3) is 0.917. The van der Waals surface area contributed by atoms with Gasteiger partial charge in [-0.05, 0) is 12.3 Å². The summed E-state index contributed by atoms with van der Waals surface area (Å²) in [5.74, 6) is 0.773. The van der Waals surface area contributed by atoms with Gasteiger partial charge in [-0.3, -0.25) is 0 Å². The van der Waals surface area contributed by atoms with E-state index in [4.69, 9.17) is 4.74 Å². The summed E-state index contributed by atoms with van der Waals surface area (Å²) < 4.78 is 5.01. The second-order valence-electron chi connectivity index (χ2n) is 3.79. The topological polar surface area (TPSA) is 69.8 Å². The Hall–Kier alpha value is -0.450. The Balaban J connectivity index is 0. The summed E-state index contributed by atoms with van der Waals surface area (Å²) in [4.78, 5) is 9.94. The summed E-state index contributed by atoms with van der Waals surface area (Å²) >= 11 is 0. The summed E-state index contributed by atoms with van der Waals surface area (Å²) in [6.45, 7) is 8.19. The molecule has 1 aliphatic rings. The molecule has 16 heavy (non-hydrogen) atoms. The Kier molecular flexibility index (Phi) is 16.3. The maximum absolute atomic E-state index is 9.94. The first-order chi connectivity index (χ1) is 7.35. The van der Waals surface area contributed by atoms with Crippen molar-refractivity contribution < 1.29 is 15.0 Å². The van der Waals surface area contributed by atoms with Gasteiger partial charge in [-0.15, -0.1) is 0 Å². The van der Waals surface area contributed by atoms with E-state index < -0.39 is 0 Å². The molecule has 0 radical (unpaired) electrons. The number of carbonyl (C=O) groups is 1. The van der Waals surface area contributed by atoms with Crippen LogP contribution in [0.5, 0.6) is 0 Å². The van der Waals surface area contributed by atoms with Crippen molar-refractivity contribution in [3.05, 3.63) is 0 Å². The van der Waals surface area contributed by atoms with Gasteiger partial charge < -0.3 is 20.3 Å². The Morgan fingerprint density at radius 3 is 2.06 bits per heavy atom. The first kappa shape index (κ1) is 17.9. The van der Waals surface area contributed by atoms with Crippen LogP contribution in [0.1, 0.15) is 39.5 Å². The minimum atomic E-state index is 0. The van der Waals surface area contributed by atoms with Crippen LogP contribution in [-0.4, -0.2) is 38.1 Å². The lowest BCUT2D eigenvalue weighted by atomic mass is 9.98. The van der Waals surface area contributed by atoms with Crippen molar-refractivity contribution in [2.24, 2.45) is 5.92 Å². The monoisotopic (exact) mass is 233 g/mol. The predicted octanol–water partition coefficient (Wildman–Crippen LogP) is 1.18. The molecule has 0 unspecified atom stereocenters. The fourth-order valence-electron chi connectivity index (χ4n) is 1.52. The van der Waals surface area contributed by atoms with Crippen molar-refractivity contribution in [1.82, 2.24) is 5.32 Å². The molecule has 0 aromatic heterocycles. The van der Waals surface area contributed by atoms with Gasteiger partial charge in [0.05, 0.1) is 13.2 Å². The van der Waals surface area contributed by atoms with E-state index in [0.29, 0.717) is 0 Å². The summed E-state index contributed by atoms with van der Waals surface area (Å²) in [6.07, 6.45) is 5.26. The van der Waals surface area contributed by atoms with Gasteiger partial charge in [0.15, 0.2) is 0 Å². The third-order valence-corrected chi connectivity index (χ3v) is 2.69. The quantitative estimate of drug-likeness (QED) is 0.725. The molecule has 1 aliphatic heterocycles. The van der Waals surface area contributed by atoms with Crippen LogP contribution in [0.4, 0.5) is 0 Å². The summed E-state index contributed by atoms with van der Waals surface area (Å²) in [6, 6.07) is 0. The van der Waals surface area contributed by atoms with Crippen molar-refractivity contribution in [3.63, 3.8) is 0 Å². The van der Waals surface area contributed by atoms with E-state index in [2.05, 4.69) is 19.2 Å². The second kappa shape index (κ2) is 14.6. The van der Waals surface area contributed by atoms with E-state index in [1.54, 1.807) is 0 Å². The van der Waals surface area contributed by atoms with Crippen LogP contribution < -0.4 is 5.32 Å². The van der Waals surface area contributed by atoms with E-state index in [1.165, 1.54) is 12.8 Å². The Bertz CT molecular complexity index is 123. The average molecular weight is 233 g/mol. The summed E-state index contributed by atoms with van der Waals surface area (Å²) in [5.41, 5.74) is 0. The lowest BCUT2D eigenvalue weighted by molar-refractivity contribution is -0.108. The molecule has 4 nitrogen and oxygen atoms in total. The highest BCUT2D eigenvalue weighted by atomic mass is 16.5. The number of hydrogen-bond acceptors (Lipinski definition) is 3. The highest BCUT2D eigenvalue weighted by Gasteiger charge is 2.00. The van der Waals surface area contributed by atoms with Crippen molar-refractivity contribution in [2.75, 3.05) is 26.3 Å². The van der Waals surface area contributed by atoms with Gasteiger partial charge in [-0.1, -0.05) is 26.7 Å². The molecule has 1 saturated heterocycles. The molecule has 0 aromatic rings. The van der Waals surface area contributed by atoms with Crippen molar-refractivity contribution in [3.8, 4) is 0 Å². The number of hydrogen-bond donors (Lipinski definition) is 1. The predicted molar refractivity (Wildman–Crippen MR) is 66.7 cm³/mol. The van der Waals surface area contributed by atoms with Gasteiger partial charge in [0.1, 0.15) is 6.29 Å². The zero-order valence-electron chi connectivity index (χ0n) is 10.6. The number of nitrogens with one attached hydrogen (secondary N) is 1. The van der Waals surface area contributed by atoms with E-state index >= 15 is 0 Å². The summed E-state index contributed by atoms with van der Waals surface area (Å²) in [7, 11) is 0. The highest BCUT2D eigenvalue weighted by Crippen LogP contribution is 2.12. The molecular weight excluding hydrogens is 206 g/mol. The normalized spacial score (nSPS) is 14.7. The number of rotatable bonds is 5. The van der Waals surface area contributed by atoms with Gasteiger partial charge in [-0.25, -0.2) is 0 Å². The lowest BCUT2D eigenvalue weighted by Crippen LogP contribution is -2.30. The van der Waals surface area contributed by atoms with Crippen molar-refractivity contribution >= 4 is 6.29 Å².